The van der Waals surface area contributed by atoms with Gasteiger partial charge in [-0.05, 0) is 24.3 Å². The fraction of sp³-hybridized carbons (Fsp3) is 0.0769. The summed E-state index contributed by atoms with van der Waals surface area (Å²) in [5, 5.41) is 2.31. The monoisotopic (exact) mass is 300 g/mol. The van der Waals surface area contributed by atoms with E-state index in [-0.39, 0.29) is 11.3 Å². The van der Waals surface area contributed by atoms with Crippen LogP contribution in [0.3, 0.4) is 0 Å². The minimum Gasteiger partial charge on any atom is -0.432 e. The number of nitrogens with one attached hydrogen (secondary N) is 1. The highest BCUT2D eigenvalue weighted by molar-refractivity contribution is 6.04. The number of anilines is 1. The van der Waals surface area contributed by atoms with Crippen LogP contribution in [-0.2, 0) is 0 Å². The second-order valence-corrected chi connectivity index (χ2v) is 3.85. The number of ether oxygens (including phenoxy) is 1. The SMILES string of the molecule is O=C(Nc1ccc(OC(F)F)c(F)c1)c1ccc(F)nc1. The molecule has 0 fully saturated rings. The number of hydrogen-bond acceptors (Lipinski definition) is 3. The lowest BCUT2D eigenvalue weighted by Gasteiger charge is -2.08. The summed E-state index contributed by atoms with van der Waals surface area (Å²) in [7, 11) is 0. The van der Waals surface area contributed by atoms with Gasteiger partial charge in [-0.15, -0.1) is 0 Å². The molecule has 21 heavy (non-hydrogen) atoms. The van der Waals surface area contributed by atoms with Gasteiger partial charge in [0.05, 0.1) is 5.56 Å². The Kier molecular flexibility index (Phi) is 4.36. The van der Waals surface area contributed by atoms with Gasteiger partial charge < -0.3 is 10.1 Å². The van der Waals surface area contributed by atoms with Crippen LogP contribution in [0.4, 0.5) is 23.2 Å². The van der Waals surface area contributed by atoms with E-state index in [2.05, 4.69) is 15.0 Å². The van der Waals surface area contributed by atoms with Crippen molar-refractivity contribution in [1.29, 1.82) is 0 Å². The topological polar surface area (TPSA) is 51.2 Å². The molecule has 1 heterocycles. The number of halogens is 4. The molecule has 110 valence electrons. The van der Waals surface area contributed by atoms with E-state index in [1.165, 1.54) is 12.1 Å². The van der Waals surface area contributed by atoms with E-state index in [4.69, 9.17) is 0 Å². The first-order chi connectivity index (χ1) is 9.95. The number of nitrogens with zero attached hydrogens (tertiary/aromatic N) is 1. The Morgan fingerprint density at radius 1 is 1.19 bits per heavy atom. The number of rotatable bonds is 4. The van der Waals surface area contributed by atoms with E-state index in [0.29, 0.717) is 0 Å². The highest BCUT2D eigenvalue weighted by Gasteiger charge is 2.12. The van der Waals surface area contributed by atoms with Gasteiger partial charge in [0.2, 0.25) is 5.95 Å². The van der Waals surface area contributed by atoms with Crippen molar-refractivity contribution in [2.45, 2.75) is 6.61 Å². The van der Waals surface area contributed by atoms with Crippen molar-refractivity contribution in [3.63, 3.8) is 0 Å². The van der Waals surface area contributed by atoms with Crippen molar-refractivity contribution in [2.75, 3.05) is 5.32 Å². The van der Waals surface area contributed by atoms with Crippen molar-refractivity contribution >= 4 is 11.6 Å². The van der Waals surface area contributed by atoms with Crippen LogP contribution in [0.25, 0.3) is 0 Å². The molecule has 0 aliphatic carbocycles. The van der Waals surface area contributed by atoms with E-state index >= 15 is 0 Å². The summed E-state index contributed by atoms with van der Waals surface area (Å²) >= 11 is 0. The predicted octanol–water partition coefficient (Wildman–Crippen LogP) is 3.21. The molecule has 0 aliphatic rings. The molecule has 2 rings (SSSR count). The Morgan fingerprint density at radius 2 is 1.95 bits per heavy atom. The molecular weight excluding hydrogens is 292 g/mol. The zero-order valence-corrected chi connectivity index (χ0v) is 10.3. The Morgan fingerprint density at radius 3 is 2.52 bits per heavy atom. The maximum atomic E-state index is 13.4. The molecule has 1 aromatic carbocycles. The van der Waals surface area contributed by atoms with Crippen LogP contribution in [0, 0.1) is 11.8 Å². The fourth-order valence-electron chi connectivity index (χ4n) is 1.48. The van der Waals surface area contributed by atoms with Gasteiger partial charge in [-0.1, -0.05) is 0 Å². The van der Waals surface area contributed by atoms with E-state index in [1.54, 1.807) is 0 Å². The van der Waals surface area contributed by atoms with Gasteiger partial charge >= 0.3 is 6.61 Å². The van der Waals surface area contributed by atoms with Gasteiger partial charge in [0.15, 0.2) is 11.6 Å². The van der Waals surface area contributed by atoms with Gasteiger partial charge in [0.25, 0.3) is 5.91 Å². The fourth-order valence-corrected chi connectivity index (χ4v) is 1.48. The quantitative estimate of drug-likeness (QED) is 0.697. The lowest BCUT2D eigenvalue weighted by Crippen LogP contribution is -2.12. The highest BCUT2D eigenvalue weighted by Crippen LogP contribution is 2.23. The van der Waals surface area contributed by atoms with Crippen molar-refractivity contribution in [2.24, 2.45) is 0 Å². The summed E-state index contributed by atoms with van der Waals surface area (Å²) < 4.78 is 53.9. The van der Waals surface area contributed by atoms with Crippen LogP contribution >= 0.6 is 0 Å². The molecule has 8 heteroatoms. The van der Waals surface area contributed by atoms with Gasteiger partial charge in [0.1, 0.15) is 0 Å². The number of amides is 1. The summed E-state index contributed by atoms with van der Waals surface area (Å²) in [5.74, 6) is -3.08. The van der Waals surface area contributed by atoms with Crippen molar-refractivity contribution in [3.8, 4) is 5.75 Å². The molecule has 0 spiro atoms. The van der Waals surface area contributed by atoms with E-state index < -0.39 is 30.0 Å². The standard InChI is InChI=1S/C13H8F4N2O2/c14-9-5-8(2-3-10(9)21-13(16)17)19-12(20)7-1-4-11(15)18-6-7/h1-6,13H,(H,19,20). The van der Waals surface area contributed by atoms with Crippen LogP contribution < -0.4 is 10.1 Å². The van der Waals surface area contributed by atoms with Crippen molar-refractivity contribution < 1.29 is 27.1 Å². The third kappa shape index (κ3) is 3.91. The first-order valence-electron chi connectivity index (χ1n) is 5.63. The highest BCUT2D eigenvalue weighted by atomic mass is 19.3. The molecule has 0 saturated carbocycles. The van der Waals surface area contributed by atoms with Crippen LogP contribution in [0.15, 0.2) is 36.5 Å². The minimum atomic E-state index is -3.15. The number of hydrogen-bond donors (Lipinski definition) is 1. The van der Waals surface area contributed by atoms with Crippen LogP contribution in [0.5, 0.6) is 5.75 Å². The number of benzene rings is 1. The third-order valence-corrected chi connectivity index (χ3v) is 2.40. The van der Waals surface area contributed by atoms with E-state index in [1.807, 2.05) is 0 Å². The zero-order valence-electron chi connectivity index (χ0n) is 10.3. The Labute approximate surface area is 116 Å². The second kappa shape index (κ2) is 6.21. The summed E-state index contributed by atoms with van der Waals surface area (Å²) in [5.41, 5.74) is 0.0909. The zero-order chi connectivity index (χ0) is 15.4. The summed E-state index contributed by atoms with van der Waals surface area (Å²) in [4.78, 5) is 15.1. The number of aromatic nitrogens is 1. The molecular formula is C13H8F4N2O2. The molecule has 0 radical (unpaired) electrons. The summed E-state index contributed by atoms with van der Waals surface area (Å²) in [6.45, 7) is -3.15. The van der Waals surface area contributed by atoms with Crippen molar-refractivity contribution in [3.05, 3.63) is 53.9 Å². The number of carbonyl (C=O) groups excluding carboxylic acids is 1. The van der Waals surface area contributed by atoms with Crippen LogP contribution in [0.1, 0.15) is 10.4 Å². The molecule has 0 aliphatic heterocycles. The molecule has 0 atom stereocenters. The Balaban J connectivity index is 2.11. The first-order valence-corrected chi connectivity index (χ1v) is 5.63. The Bertz CT molecular complexity index is 647. The average Bonchev–Trinajstić information content (AvgIpc) is 2.42. The number of pyridine rings is 1. The van der Waals surface area contributed by atoms with Gasteiger partial charge in [-0.25, -0.2) is 9.37 Å². The van der Waals surface area contributed by atoms with Gasteiger partial charge in [-0.2, -0.15) is 13.2 Å². The maximum absolute atomic E-state index is 13.4. The summed E-state index contributed by atoms with van der Waals surface area (Å²) in [6.07, 6.45) is 1.01. The lowest BCUT2D eigenvalue weighted by molar-refractivity contribution is -0.0521. The van der Waals surface area contributed by atoms with E-state index in [0.717, 1.165) is 24.4 Å². The normalized spacial score (nSPS) is 10.5. The van der Waals surface area contributed by atoms with E-state index in [9.17, 15) is 22.4 Å². The molecule has 1 aromatic heterocycles. The largest absolute Gasteiger partial charge is 0.432 e. The van der Waals surface area contributed by atoms with Crippen LogP contribution in [-0.4, -0.2) is 17.5 Å². The predicted molar refractivity (Wildman–Crippen MR) is 65.2 cm³/mol. The molecule has 4 nitrogen and oxygen atoms in total. The van der Waals surface area contributed by atoms with Crippen LogP contribution in [0.2, 0.25) is 0 Å². The molecule has 0 bridgehead atoms. The molecule has 2 aromatic rings. The minimum absolute atomic E-state index is 0.0310. The maximum Gasteiger partial charge on any atom is 0.387 e. The molecule has 1 N–H and O–H groups in total. The second-order valence-electron chi connectivity index (χ2n) is 3.85. The molecule has 1 amide bonds. The van der Waals surface area contributed by atoms with Gasteiger partial charge in [-0.3, -0.25) is 4.79 Å². The number of carbonyl (C=O) groups is 1. The average molecular weight is 300 g/mol. The third-order valence-electron chi connectivity index (χ3n) is 2.40. The first kappa shape index (κ1) is 14.8. The molecule has 0 saturated heterocycles. The van der Waals surface area contributed by atoms with Crippen molar-refractivity contribution in [1.82, 2.24) is 4.98 Å². The molecule has 0 unspecified atom stereocenters. The lowest BCUT2D eigenvalue weighted by atomic mass is 10.2. The number of alkyl halides is 2. The smallest absolute Gasteiger partial charge is 0.387 e. The Hall–Kier alpha value is -2.64. The van der Waals surface area contributed by atoms with Gasteiger partial charge in [0, 0.05) is 18.0 Å². The summed E-state index contributed by atoms with van der Waals surface area (Å²) in [6, 6.07) is 5.17.